The molecular formula is C8H16S2. The largest absolute Gasteiger partial charge is 0.143 e. The Bertz CT molecular complexity index is 118. The summed E-state index contributed by atoms with van der Waals surface area (Å²) in [6.07, 6.45) is 0. The number of rotatable bonds is 0. The van der Waals surface area contributed by atoms with E-state index in [1.165, 1.54) is 11.5 Å². The van der Waals surface area contributed by atoms with E-state index in [4.69, 9.17) is 0 Å². The average Bonchev–Trinajstić information content (AvgIpc) is 2.13. The minimum Gasteiger partial charge on any atom is -0.143 e. The van der Waals surface area contributed by atoms with E-state index in [9.17, 15) is 0 Å². The van der Waals surface area contributed by atoms with Gasteiger partial charge < -0.3 is 0 Å². The van der Waals surface area contributed by atoms with E-state index in [0.717, 1.165) is 0 Å². The van der Waals surface area contributed by atoms with E-state index in [-0.39, 0.29) is 0 Å². The van der Waals surface area contributed by atoms with Crippen LogP contribution in [0.25, 0.3) is 0 Å². The van der Waals surface area contributed by atoms with Gasteiger partial charge in [0.1, 0.15) is 0 Å². The van der Waals surface area contributed by atoms with Crippen molar-refractivity contribution in [3.8, 4) is 0 Å². The Morgan fingerprint density at radius 3 is 1.70 bits per heavy atom. The van der Waals surface area contributed by atoms with Gasteiger partial charge in [0.25, 0.3) is 0 Å². The predicted octanol–water partition coefficient (Wildman–Crippen LogP) is 3.23. The van der Waals surface area contributed by atoms with Crippen LogP contribution in [0.4, 0.5) is 0 Å². The average molecular weight is 176 g/mol. The van der Waals surface area contributed by atoms with Crippen molar-refractivity contribution < 1.29 is 0 Å². The van der Waals surface area contributed by atoms with Gasteiger partial charge in [0.15, 0.2) is 0 Å². The van der Waals surface area contributed by atoms with Gasteiger partial charge in [-0.05, 0) is 12.3 Å². The Hall–Kier alpha value is 0.700. The smallest absolute Gasteiger partial charge is 0.0631 e. The van der Waals surface area contributed by atoms with Crippen molar-refractivity contribution in [2.45, 2.75) is 31.8 Å². The fourth-order valence-corrected chi connectivity index (χ4v) is 4.09. The van der Waals surface area contributed by atoms with Crippen LogP contribution >= 0.6 is 23.5 Å². The third-order valence-electron chi connectivity index (χ3n) is 2.20. The summed E-state index contributed by atoms with van der Waals surface area (Å²) in [6.45, 7) is 9.37. The van der Waals surface area contributed by atoms with Crippen molar-refractivity contribution >= 4 is 23.5 Å². The van der Waals surface area contributed by atoms with Gasteiger partial charge in [0.2, 0.25) is 0 Å². The summed E-state index contributed by atoms with van der Waals surface area (Å²) >= 11 is 4.23. The molecule has 10 heavy (non-hydrogen) atoms. The van der Waals surface area contributed by atoms with E-state index in [1.54, 1.807) is 0 Å². The van der Waals surface area contributed by atoms with Gasteiger partial charge >= 0.3 is 0 Å². The predicted molar refractivity (Wildman–Crippen MR) is 52.8 cm³/mol. The lowest BCUT2D eigenvalue weighted by atomic mass is 9.92. The minimum atomic E-state index is 0.443. The molecule has 1 aliphatic heterocycles. The van der Waals surface area contributed by atoms with E-state index in [1.807, 2.05) is 0 Å². The lowest BCUT2D eigenvalue weighted by Crippen LogP contribution is -2.30. The molecule has 0 atom stereocenters. The van der Waals surface area contributed by atoms with Crippen molar-refractivity contribution in [1.29, 1.82) is 0 Å². The second-order valence-electron chi connectivity index (χ2n) is 3.89. The molecule has 0 unspecified atom stereocenters. The number of thioether (sulfide) groups is 2. The molecule has 0 amide bonds. The number of hydrogen-bond donors (Lipinski definition) is 0. The molecule has 1 rings (SSSR count). The Balaban J connectivity index is 2.67. The van der Waals surface area contributed by atoms with Crippen LogP contribution in [-0.4, -0.2) is 15.6 Å². The van der Waals surface area contributed by atoms with Crippen LogP contribution in [-0.2, 0) is 0 Å². The summed E-state index contributed by atoms with van der Waals surface area (Å²) in [7, 11) is 0. The molecule has 60 valence electrons. The molecule has 0 aromatic heterocycles. The van der Waals surface area contributed by atoms with Crippen LogP contribution in [0.3, 0.4) is 0 Å². The Labute approximate surface area is 72.5 Å². The van der Waals surface area contributed by atoms with Gasteiger partial charge in [0.05, 0.1) is 4.08 Å². The molecule has 1 saturated heterocycles. The molecular weight excluding hydrogens is 160 g/mol. The first-order valence-electron chi connectivity index (χ1n) is 3.74. The summed E-state index contributed by atoms with van der Waals surface area (Å²) in [4.78, 5) is 0. The van der Waals surface area contributed by atoms with Gasteiger partial charge in [-0.25, -0.2) is 0 Å². The van der Waals surface area contributed by atoms with Crippen LogP contribution in [0.5, 0.6) is 0 Å². The molecule has 0 bridgehead atoms. The molecule has 0 saturated carbocycles. The lowest BCUT2D eigenvalue weighted by Gasteiger charge is -2.36. The molecule has 1 heterocycles. The molecule has 0 aromatic carbocycles. The first-order chi connectivity index (χ1) is 4.46. The molecule has 1 fully saturated rings. The summed E-state index contributed by atoms with van der Waals surface area (Å²) in [5.41, 5.74) is 0.443. The van der Waals surface area contributed by atoms with Crippen molar-refractivity contribution in [3.05, 3.63) is 0 Å². The highest BCUT2D eigenvalue weighted by atomic mass is 32.2. The van der Waals surface area contributed by atoms with Gasteiger partial charge in [0, 0.05) is 11.5 Å². The summed E-state index contributed by atoms with van der Waals surface area (Å²) < 4.78 is 0.465. The summed E-state index contributed by atoms with van der Waals surface area (Å²) in [5.74, 6) is 2.66. The maximum Gasteiger partial charge on any atom is 0.0631 e. The second-order valence-corrected chi connectivity index (χ2v) is 7.18. The maximum absolute atomic E-state index is 2.37. The fraction of sp³-hybridized carbons (Fsp3) is 1.00. The standard InChI is InChI=1S/C8H16S2/c1-7(2,3)8(4)9-5-6-10-8/h5-6H2,1-4H3. The van der Waals surface area contributed by atoms with Gasteiger partial charge in [-0.1, -0.05) is 20.8 Å². The molecule has 1 aliphatic rings. The minimum absolute atomic E-state index is 0.443. The van der Waals surface area contributed by atoms with E-state index >= 15 is 0 Å². The zero-order valence-electron chi connectivity index (χ0n) is 7.23. The Morgan fingerprint density at radius 2 is 1.50 bits per heavy atom. The molecule has 0 N–H and O–H groups in total. The molecule has 0 aromatic rings. The van der Waals surface area contributed by atoms with Gasteiger partial charge in [-0.15, -0.1) is 23.5 Å². The quantitative estimate of drug-likeness (QED) is 0.556. The second kappa shape index (κ2) is 2.63. The highest BCUT2D eigenvalue weighted by Gasteiger charge is 2.41. The Kier molecular flexibility index (Phi) is 2.31. The van der Waals surface area contributed by atoms with Crippen LogP contribution in [0.2, 0.25) is 0 Å². The normalized spacial score (nSPS) is 25.2. The SMILES string of the molecule is CC(C)(C)C1(C)SCCS1. The highest BCUT2D eigenvalue weighted by Crippen LogP contribution is 2.54. The molecule has 0 spiro atoms. The van der Waals surface area contributed by atoms with Crippen LogP contribution in [0.15, 0.2) is 0 Å². The third kappa shape index (κ3) is 1.48. The third-order valence-corrected chi connectivity index (χ3v) is 6.31. The zero-order chi connectivity index (χ0) is 7.83. The van der Waals surface area contributed by atoms with E-state index in [0.29, 0.717) is 9.49 Å². The van der Waals surface area contributed by atoms with Crippen LogP contribution < -0.4 is 0 Å². The van der Waals surface area contributed by atoms with Crippen molar-refractivity contribution in [1.82, 2.24) is 0 Å². The first kappa shape index (κ1) is 8.79. The molecule has 0 radical (unpaired) electrons. The lowest BCUT2D eigenvalue weighted by molar-refractivity contribution is 0.387. The molecule has 2 heteroatoms. The van der Waals surface area contributed by atoms with Crippen LogP contribution in [0, 0.1) is 5.41 Å². The molecule has 0 aliphatic carbocycles. The first-order valence-corrected chi connectivity index (χ1v) is 5.71. The summed E-state index contributed by atoms with van der Waals surface area (Å²) in [5, 5.41) is 0. The van der Waals surface area contributed by atoms with Gasteiger partial charge in [-0.2, -0.15) is 0 Å². The summed E-state index contributed by atoms with van der Waals surface area (Å²) in [6, 6.07) is 0. The Morgan fingerprint density at radius 1 is 1.10 bits per heavy atom. The van der Waals surface area contributed by atoms with Crippen LogP contribution in [0.1, 0.15) is 27.7 Å². The maximum atomic E-state index is 2.37. The van der Waals surface area contributed by atoms with Gasteiger partial charge in [-0.3, -0.25) is 0 Å². The van der Waals surface area contributed by atoms with E-state index in [2.05, 4.69) is 51.2 Å². The van der Waals surface area contributed by atoms with E-state index < -0.39 is 0 Å². The zero-order valence-corrected chi connectivity index (χ0v) is 8.86. The fourth-order valence-electron chi connectivity index (χ4n) is 0.948. The highest BCUT2D eigenvalue weighted by molar-refractivity contribution is 8.21. The number of hydrogen-bond acceptors (Lipinski definition) is 2. The van der Waals surface area contributed by atoms with Crippen molar-refractivity contribution in [3.63, 3.8) is 0 Å². The van der Waals surface area contributed by atoms with Crippen molar-refractivity contribution in [2.24, 2.45) is 5.41 Å². The monoisotopic (exact) mass is 176 g/mol. The molecule has 0 nitrogen and oxygen atoms in total. The topological polar surface area (TPSA) is 0 Å². The van der Waals surface area contributed by atoms with Crippen molar-refractivity contribution in [2.75, 3.05) is 11.5 Å².